The summed E-state index contributed by atoms with van der Waals surface area (Å²) in [6.07, 6.45) is 0.0491. The van der Waals surface area contributed by atoms with E-state index in [1.54, 1.807) is 30.3 Å². The molecule has 0 radical (unpaired) electrons. The average molecular weight is 344 g/mol. The molecule has 2 aromatic carbocycles. The van der Waals surface area contributed by atoms with Gasteiger partial charge in [0.15, 0.2) is 0 Å². The van der Waals surface area contributed by atoms with Gasteiger partial charge in [-0.15, -0.1) is 0 Å². The van der Waals surface area contributed by atoms with E-state index >= 15 is 0 Å². The van der Waals surface area contributed by atoms with Crippen LogP contribution in [0.25, 0.3) is 0 Å². The number of aryl methyl sites for hydroxylation is 1. The van der Waals surface area contributed by atoms with Crippen LogP contribution in [0.4, 0.5) is 10.5 Å². The lowest BCUT2D eigenvalue weighted by Crippen LogP contribution is -2.32. The van der Waals surface area contributed by atoms with Gasteiger partial charge in [-0.05, 0) is 62.7 Å². The first-order chi connectivity index (χ1) is 11.4. The van der Waals surface area contributed by atoms with E-state index in [0.717, 1.165) is 9.87 Å². The highest BCUT2D eigenvalue weighted by Gasteiger charge is 2.20. The number of carbonyl (C=O) groups is 2. The normalized spacial score (nSPS) is 10.4. The third-order valence-corrected chi connectivity index (χ3v) is 3.49. The first-order valence-electron chi connectivity index (χ1n) is 7.54. The zero-order valence-corrected chi connectivity index (χ0v) is 14.7. The molecule has 0 atom stereocenters. The van der Waals surface area contributed by atoms with Crippen molar-refractivity contribution in [2.75, 3.05) is 5.32 Å². The van der Waals surface area contributed by atoms with Crippen molar-refractivity contribution in [1.82, 2.24) is 4.31 Å². The molecule has 126 valence electrons. The summed E-state index contributed by atoms with van der Waals surface area (Å²) < 4.78 is 6.27. The Balaban J connectivity index is 2.04. The largest absolute Gasteiger partial charge is 0.491 e. The fourth-order valence-electron chi connectivity index (χ4n) is 2.06. The number of rotatable bonds is 4. The van der Waals surface area contributed by atoms with E-state index in [2.05, 4.69) is 18.1 Å². The number of hydrogen-bond acceptors (Lipinski definition) is 4. The Morgan fingerprint density at radius 1 is 1.12 bits per heavy atom. The molecule has 0 saturated heterocycles. The standard InChI is InChI=1S/C18H20N2O3S/c1-12(2)23-16-9-7-14(8-10-16)17(21)20(24)18(22)19-15-6-4-5-13(3)11-15/h4-12,24H,1-3H3,(H,19,22). The van der Waals surface area contributed by atoms with E-state index in [-0.39, 0.29) is 6.10 Å². The molecular formula is C18H20N2O3S. The van der Waals surface area contributed by atoms with Gasteiger partial charge < -0.3 is 10.1 Å². The number of ether oxygens (including phenoxy) is 1. The fourth-order valence-corrected chi connectivity index (χ4v) is 2.23. The van der Waals surface area contributed by atoms with Crippen LogP contribution in [0.2, 0.25) is 0 Å². The highest BCUT2D eigenvalue weighted by atomic mass is 32.1. The predicted octanol–water partition coefficient (Wildman–Crippen LogP) is 4.30. The predicted molar refractivity (Wildman–Crippen MR) is 97.6 cm³/mol. The van der Waals surface area contributed by atoms with Crippen molar-refractivity contribution < 1.29 is 14.3 Å². The van der Waals surface area contributed by atoms with Gasteiger partial charge in [-0.3, -0.25) is 4.79 Å². The second-order valence-corrected chi connectivity index (χ2v) is 6.01. The summed E-state index contributed by atoms with van der Waals surface area (Å²) in [4.78, 5) is 24.5. The molecule has 1 N–H and O–H groups in total. The zero-order valence-electron chi connectivity index (χ0n) is 13.8. The van der Waals surface area contributed by atoms with Crippen molar-refractivity contribution in [2.24, 2.45) is 0 Å². The second kappa shape index (κ2) is 7.88. The number of nitrogens with zero attached hydrogens (tertiary/aromatic N) is 1. The number of anilines is 1. The molecule has 0 fully saturated rings. The minimum atomic E-state index is -0.614. The molecule has 2 aromatic rings. The molecule has 0 aliphatic rings. The molecular weight excluding hydrogens is 324 g/mol. The van der Waals surface area contributed by atoms with Crippen LogP contribution in [0, 0.1) is 6.92 Å². The molecule has 24 heavy (non-hydrogen) atoms. The second-order valence-electron chi connectivity index (χ2n) is 5.61. The number of imide groups is 1. The summed E-state index contributed by atoms with van der Waals surface area (Å²) in [5.74, 6) is 0.149. The van der Waals surface area contributed by atoms with Crippen LogP contribution in [0.15, 0.2) is 48.5 Å². The number of amides is 3. The Morgan fingerprint density at radius 3 is 2.38 bits per heavy atom. The minimum absolute atomic E-state index is 0.0491. The molecule has 3 amide bonds. The van der Waals surface area contributed by atoms with Crippen LogP contribution < -0.4 is 10.1 Å². The average Bonchev–Trinajstić information content (AvgIpc) is 2.53. The number of nitrogens with one attached hydrogen (secondary N) is 1. The summed E-state index contributed by atoms with van der Waals surface area (Å²) in [5.41, 5.74) is 1.96. The summed E-state index contributed by atoms with van der Waals surface area (Å²) in [6.45, 7) is 5.76. The summed E-state index contributed by atoms with van der Waals surface area (Å²) in [6, 6.07) is 13.3. The van der Waals surface area contributed by atoms with Crippen LogP contribution in [0.3, 0.4) is 0 Å². The topological polar surface area (TPSA) is 58.6 Å². The monoisotopic (exact) mass is 344 g/mol. The minimum Gasteiger partial charge on any atom is -0.491 e. The summed E-state index contributed by atoms with van der Waals surface area (Å²) in [7, 11) is 0. The Morgan fingerprint density at radius 2 is 1.79 bits per heavy atom. The smallest absolute Gasteiger partial charge is 0.338 e. The third-order valence-electron chi connectivity index (χ3n) is 3.13. The number of hydrogen-bond donors (Lipinski definition) is 2. The third kappa shape index (κ3) is 4.76. The first kappa shape index (κ1) is 17.9. The molecule has 0 unspecified atom stereocenters. The maximum absolute atomic E-state index is 12.3. The van der Waals surface area contributed by atoms with Gasteiger partial charge in [-0.2, -0.15) is 0 Å². The molecule has 5 nitrogen and oxygen atoms in total. The molecule has 0 aliphatic carbocycles. The maximum Gasteiger partial charge on any atom is 0.338 e. The molecule has 0 aromatic heterocycles. The molecule has 0 heterocycles. The lowest BCUT2D eigenvalue weighted by Gasteiger charge is -2.16. The van der Waals surface area contributed by atoms with Crippen molar-refractivity contribution in [1.29, 1.82) is 0 Å². The summed E-state index contributed by atoms with van der Waals surface area (Å²) >= 11 is 4.01. The Labute approximate surface area is 147 Å². The van der Waals surface area contributed by atoms with Crippen molar-refractivity contribution in [3.8, 4) is 5.75 Å². The van der Waals surface area contributed by atoms with Crippen molar-refractivity contribution >= 4 is 30.4 Å². The lowest BCUT2D eigenvalue weighted by molar-refractivity contribution is 0.0901. The zero-order chi connectivity index (χ0) is 17.7. The number of thiol groups is 1. The molecule has 0 bridgehead atoms. The van der Waals surface area contributed by atoms with E-state index < -0.39 is 11.9 Å². The number of carbonyl (C=O) groups excluding carboxylic acids is 2. The molecule has 0 aliphatic heterocycles. The first-order valence-corrected chi connectivity index (χ1v) is 7.94. The number of benzene rings is 2. The van der Waals surface area contributed by atoms with Gasteiger partial charge in [0.05, 0.1) is 6.10 Å². The summed E-state index contributed by atoms with van der Waals surface area (Å²) in [5, 5.41) is 2.64. The van der Waals surface area contributed by atoms with E-state index in [4.69, 9.17) is 4.74 Å². The van der Waals surface area contributed by atoms with Crippen molar-refractivity contribution in [3.63, 3.8) is 0 Å². The molecule has 2 rings (SSSR count). The van der Waals surface area contributed by atoms with Gasteiger partial charge in [0.1, 0.15) is 5.75 Å². The van der Waals surface area contributed by atoms with E-state index in [1.165, 1.54) is 0 Å². The van der Waals surface area contributed by atoms with Crippen LogP contribution in [0.1, 0.15) is 29.8 Å². The van der Waals surface area contributed by atoms with Crippen molar-refractivity contribution in [2.45, 2.75) is 26.9 Å². The fraction of sp³-hybridized carbons (Fsp3) is 0.222. The molecule has 0 spiro atoms. The van der Waals surface area contributed by atoms with Gasteiger partial charge in [-0.25, -0.2) is 9.10 Å². The molecule has 0 saturated carbocycles. The van der Waals surface area contributed by atoms with E-state index in [0.29, 0.717) is 17.0 Å². The maximum atomic E-state index is 12.3. The SMILES string of the molecule is Cc1cccc(NC(=O)N(S)C(=O)c2ccc(OC(C)C)cc2)c1. The number of urea groups is 1. The Hall–Kier alpha value is -2.47. The highest BCUT2D eigenvalue weighted by Crippen LogP contribution is 2.17. The van der Waals surface area contributed by atoms with Crippen LogP contribution >= 0.6 is 12.8 Å². The quantitative estimate of drug-likeness (QED) is 0.813. The van der Waals surface area contributed by atoms with Crippen LogP contribution in [-0.4, -0.2) is 22.3 Å². The van der Waals surface area contributed by atoms with E-state index in [9.17, 15) is 9.59 Å². The van der Waals surface area contributed by atoms with Gasteiger partial charge in [0.2, 0.25) is 0 Å². The lowest BCUT2D eigenvalue weighted by atomic mass is 10.2. The van der Waals surface area contributed by atoms with Crippen molar-refractivity contribution in [3.05, 3.63) is 59.7 Å². The Bertz CT molecular complexity index is 729. The van der Waals surface area contributed by atoms with Crippen LogP contribution in [-0.2, 0) is 0 Å². The van der Waals surface area contributed by atoms with Gasteiger partial charge in [-0.1, -0.05) is 24.9 Å². The highest BCUT2D eigenvalue weighted by molar-refractivity contribution is 7.79. The van der Waals surface area contributed by atoms with Gasteiger partial charge in [0.25, 0.3) is 5.91 Å². The van der Waals surface area contributed by atoms with E-state index in [1.807, 2.05) is 39.0 Å². The Kier molecular flexibility index (Phi) is 5.87. The van der Waals surface area contributed by atoms with Gasteiger partial charge in [0, 0.05) is 11.3 Å². The van der Waals surface area contributed by atoms with Gasteiger partial charge >= 0.3 is 6.03 Å². The van der Waals surface area contributed by atoms with Crippen LogP contribution in [0.5, 0.6) is 5.75 Å². The molecule has 6 heteroatoms.